The number of nitrogens with one attached hydrogen (secondary N) is 1. The molecule has 5 nitrogen and oxygen atoms in total. The van der Waals surface area contributed by atoms with Crippen LogP contribution in [0.15, 0.2) is 48.7 Å². The Bertz CT molecular complexity index is 1020. The summed E-state index contributed by atoms with van der Waals surface area (Å²) in [7, 11) is 0. The van der Waals surface area contributed by atoms with Crippen LogP contribution in [0.25, 0.3) is 23.4 Å². The quantitative estimate of drug-likeness (QED) is 0.704. The number of amides is 1. The Kier molecular flexibility index (Phi) is 4.93. The Morgan fingerprint density at radius 3 is 2.57 bits per heavy atom. The zero-order valence-corrected chi connectivity index (χ0v) is 15.4. The van der Waals surface area contributed by atoms with Crippen molar-refractivity contribution >= 4 is 23.9 Å². The van der Waals surface area contributed by atoms with Crippen LogP contribution in [0.5, 0.6) is 0 Å². The van der Waals surface area contributed by atoms with Gasteiger partial charge in [0.15, 0.2) is 0 Å². The van der Waals surface area contributed by atoms with Crippen molar-refractivity contribution in [2.24, 2.45) is 5.73 Å². The van der Waals surface area contributed by atoms with E-state index in [0.717, 1.165) is 54.3 Å². The summed E-state index contributed by atoms with van der Waals surface area (Å²) in [5.74, 6) is 0.0955. The van der Waals surface area contributed by atoms with Crippen LogP contribution in [0.1, 0.15) is 34.5 Å². The lowest BCUT2D eigenvalue weighted by Gasteiger charge is -2.16. The maximum Gasteiger partial charge on any atom is 0.252 e. The van der Waals surface area contributed by atoms with E-state index in [4.69, 9.17) is 5.73 Å². The van der Waals surface area contributed by atoms with Gasteiger partial charge in [0.1, 0.15) is 11.6 Å². The lowest BCUT2D eigenvalue weighted by molar-refractivity contribution is 0.100. The van der Waals surface area contributed by atoms with E-state index in [0.29, 0.717) is 5.56 Å². The smallest absolute Gasteiger partial charge is 0.252 e. The number of carbonyl (C=O) groups excluding carboxylic acids is 1. The first-order valence-corrected chi connectivity index (χ1v) is 9.28. The van der Waals surface area contributed by atoms with E-state index in [1.807, 2.05) is 24.3 Å². The Balaban J connectivity index is 1.63. The summed E-state index contributed by atoms with van der Waals surface area (Å²) in [6.07, 6.45) is 7.70. The number of H-pyrrole nitrogens is 1. The number of benzene rings is 1. The molecule has 6 heteroatoms. The van der Waals surface area contributed by atoms with Gasteiger partial charge in [-0.15, -0.1) is 0 Å². The molecule has 2 aromatic heterocycles. The number of aromatic nitrogens is 2. The average molecular weight is 376 g/mol. The van der Waals surface area contributed by atoms with E-state index in [1.54, 1.807) is 24.4 Å². The molecule has 1 aromatic carbocycles. The normalized spacial score (nSPS) is 14.1. The second kappa shape index (κ2) is 7.68. The largest absolute Gasteiger partial charge is 0.365 e. The minimum atomic E-state index is -0.435. The third-order valence-corrected chi connectivity index (χ3v) is 4.89. The molecule has 0 unspecified atom stereocenters. The van der Waals surface area contributed by atoms with E-state index < -0.39 is 5.91 Å². The summed E-state index contributed by atoms with van der Waals surface area (Å²) in [5.41, 5.74) is 9.50. The van der Waals surface area contributed by atoms with E-state index in [1.165, 1.54) is 12.1 Å². The van der Waals surface area contributed by atoms with Crippen molar-refractivity contribution in [1.29, 1.82) is 0 Å². The molecule has 1 amide bonds. The molecule has 142 valence electrons. The lowest BCUT2D eigenvalue weighted by atomic mass is 10.1. The number of anilines is 1. The van der Waals surface area contributed by atoms with Gasteiger partial charge in [-0.05, 0) is 54.8 Å². The van der Waals surface area contributed by atoms with Gasteiger partial charge in [-0.3, -0.25) is 9.78 Å². The van der Waals surface area contributed by atoms with Crippen molar-refractivity contribution in [3.05, 3.63) is 71.3 Å². The number of pyridine rings is 1. The first kappa shape index (κ1) is 18.0. The summed E-state index contributed by atoms with van der Waals surface area (Å²) in [6, 6.07) is 11.9. The molecule has 1 aliphatic heterocycles. The van der Waals surface area contributed by atoms with Crippen LogP contribution < -0.4 is 10.6 Å². The van der Waals surface area contributed by atoms with Crippen molar-refractivity contribution in [2.45, 2.75) is 12.8 Å². The highest BCUT2D eigenvalue weighted by Gasteiger charge is 2.21. The van der Waals surface area contributed by atoms with Gasteiger partial charge >= 0.3 is 0 Å². The molecule has 3 aromatic rings. The number of primary amides is 1. The molecular formula is C22H21FN4O. The number of rotatable bonds is 5. The minimum absolute atomic E-state index is 0.261. The SMILES string of the molecule is NC(=O)c1cc(-c2ccnc(C=Cc3ccc(F)cc3)c2)[nH]c1N1CCCC1. The molecule has 0 aliphatic carbocycles. The van der Waals surface area contributed by atoms with E-state index >= 15 is 0 Å². The average Bonchev–Trinajstić information content (AvgIpc) is 3.37. The Hall–Kier alpha value is -3.41. The fraction of sp³-hybridized carbons (Fsp3) is 0.182. The van der Waals surface area contributed by atoms with Crippen molar-refractivity contribution in [1.82, 2.24) is 9.97 Å². The summed E-state index contributed by atoms with van der Waals surface area (Å²) in [5, 5.41) is 0. The molecule has 0 bridgehead atoms. The second-order valence-corrected chi connectivity index (χ2v) is 6.86. The summed E-state index contributed by atoms with van der Waals surface area (Å²) < 4.78 is 13.0. The van der Waals surface area contributed by atoms with Gasteiger partial charge in [0.2, 0.25) is 0 Å². The number of halogens is 1. The molecule has 1 fully saturated rings. The number of nitrogens with zero attached hydrogens (tertiary/aromatic N) is 2. The fourth-order valence-electron chi connectivity index (χ4n) is 3.44. The standard InChI is InChI=1S/C22H21FN4O/c23-17-6-3-15(4-7-17)5-8-18-13-16(9-10-25-18)20-14-19(21(24)28)22(26-20)27-11-1-2-12-27/h3-10,13-14,26H,1-2,11-12H2,(H2,24,28). The molecule has 1 aliphatic rings. The van der Waals surface area contributed by atoms with Crippen molar-refractivity contribution in [3.8, 4) is 11.3 Å². The van der Waals surface area contributed by atoms with E-state index in [-0.39, 0.29) is 5.82 Å². The Morgan fingerprint density at radius 1 is 1.11 bits per heavy atom. The summed E-state index contributed by atoms with van der Waals surface area (Å²) in [4.78, 5) is 21.8. The summed E-state index contributed by atoms with van der Waals surface area (Å²) in [6.45, 7) is 1.84. The molecule has 0 spiro atoms. The van der Waals surface area contributed by atoms with Gasteiger partial charge < -0.3 is 15.6 Å². The molecular weight excluding hydrogens is 355 g/mol. The Labute approximate surface area is 162 Å². The molecule has 28 heavy (non-hydrogen) atoms. The zero-order chi connectivity index (χ0) is 19.5. The van der Waals surface area contributed by atoms with Crippen LogP contribution >= 0.6 is 0 Å². The lowest BCUT2D eigenvalue weighted by Crippen LogP contribution is -2.22. The molecule has 3 N–H and O–H groups in total. The number of aromatic amines is 1. The highest BCUT2D eigenvalue weighted by Crippen LogP contribution is 2.29. The first-order chi connectivity index (χ1) is 13.6. The fourth-order valence-corrected chi connectivity index (χ4v) is 3.44. The number of carbonyl (C=O) groups is 1. The van der Waals surface area contributed by atoms with Crippen LogP contribution in [0.4, 0.5) is 10.2 Å². The van der Waals surface area contributed by atoms with Crippen LogP contribution in [0.3, 0.4) is 0 Å². The zero-order valence-electron chi connectivity index (χ0n) is 15.4. The van der Waals surface area contributed by atoms with E-state index in [9.17, 15) is 9.18 Å². The predicted octanol–water partition coefficient (Wildman–Crippen LogP) is 4.09. The molecule has 0 saturated carbocycles. The van der Waals surface area contributed by atoms with Gasteiger partial charge in [0, 0.05) is 30.5 Å². The van der Waals surface area contributed by atoms with Crippen molar-refractivity contribution < 1.29 is 9.18 Å². The van der Waals surface area contributed by atoms with Crippen molar-refractivity contribution in [2.75, 3.05) is 18.0 Å². The molecule has 3 heterocycles. The highest BCUT2D eigenvalue weighted by atomic mass is 19.1. The second-order valence-electron chi connectivity index (χ2n) is 6.86. The maximum absolute atomic E-state index is 13.0. The van der Waals surface area contributed by atoms with Gasteiger partial charge in [0.25, 0.3) is 5.91 Å². The highest BCUT2D eigenvalue weighted by molar-refractivity contribution is 5.99. The van der Waals surface area contributed by atoms with Crippen LogP contribution in [0.2, 0.25) is 0 Å². The van der Waals surface area contributed by atoms with Crippen LogP contribution in [-0.4, -0.2) is 29.0 Å². The Morgan fingerprint density at radius 2 is 1.86 bits per heavy atom. The summed E-state index contributed by atoms with van der Waals surface area (Å²) >= 11 is 0. The molecule has 1 saturated heterocycles. The topological polar surface area (TPSA) is 75.0 Å². The van der Waals surface area contributed by atoms with Crippen LogP contribution in [-0.2, 0) is 0 Å². The predicted molar refractivity (Wildman–Crippen MR) is 109 cm³/mol. The van der Waals surface area contributed by atoms with Gasteiger partial charge in [-0.2, -0.15) is 0 Å². The first-order valence-electron chi connectivity index (χ1n) is 9.28. The van der Waals surface area contributed by atoms with Gasteiger partial charge in [0.05, 0.1) is 11.3 Å². The van der Waals surface area contributed by atoms with Crippen LogP contribution in [0, 0.1) is 5.82 Å². The van der Waals surface area contributed by atoms with Gasteiger partial charge in [-0.1, -0.05) is 18.2 Å². The third-order valence-electron chi connectivity index (χ3n) is 4.89. The monoisotopic (exact) mass is 376 g/mol. The number of nitrogens with two attached hydrogens (primary N) is 1. The molecule has 4 rings (SSSR count). The minimum Gasteiger partial charge on any atom is -0.365 e. The van der Waals surface area contributed by atoms with Gasteiger partial charge in [-0.25, -0.2) is 4.39 Å². The van der Waals surface area contributed by atoms with Crippen molar-refractivity contribution in [3.63, 3.8) is 0 Å². The number of hydrogen-bond donors (Lipinski definition) is 2. The third kappa shape index (κ3) is 3.81. The maximum atomic E-state index is 13.0. The van der Waals surface area contributed by atoms with E-state index in [2.05, 4.69) is 14.9 Å². The molecule has 0 radical (unpaired) electrons. The number of hydrogen-bond acceptors (Lipinski definition) is 3. The molecule has 0 atom stereocenters.